The number of rotatable bonds is 8. The Morgan fingerprint density at radius 3 is 2.57 bits per heavy atom. The van der Waals surface area contributed by atoms with Gasteiger partial charge in [0.05, 0.1) is 25.3 Å². The summed E-state index contributed by atoms with van der Waals surface area (Å²) in [4.78, 5) is 7.27. The molecule has 0 spiro atoms. The van der Waals surface area contributed by atoms with Crippen LogP contribution >= 0.6 is 11.6 Å². The number of methoxy groups -OCH3 is 1. The summed E-state index contributed by atoms with van der Waals surface area (Å²) in [6.07, 6.45) is 2.26. The summed E-state index contributed by atoms with van der Waals surface area (Å²) in [7, 11) is 1.62. The normalized spacial score (nSPS) is 16.3. The molecule has 158 valence electrons. The van der Waals surface area contributed by atoms with Crippen molar-refractivity contribution in [2.24, 2.45) is 4.99 Å². The largest absolute Gasteiger partial charge is 0.493 e. The molecule has 0 atom stereocenters. The lowest BCUT2D eigenvalue weighted by atomic mass is 10.0. The lowest BCUT2D eigenvalue weighted by Crippen LogP contribution is -2.49. The van der Waals surface area contributed by atoms with Crippen LogP contribution in [-0.2, 0) is 6.54 Å². The van der Waals surface area contributed by atoms with Crippen molar-refractivity contribution in [3.05, 3.63) is 22.7 Å². The van der Waals surface area contributed by atoms with Gasteiger partial charge in [0.25, 0.3) is 0 Å². The molecule has 6 nitrogen and oxygen atoms in total. The van der Waals surface area contributed by atoms with Gasteiger partial charge in [-0.05, 0) is 58.2 Å². The molecule has 1 aliphatic heterocycles. The number of hydrogen-bond acceptors (Lipinski definition) is 4. The topological polar surface area (TPSA) is 58.1 Å². The Labute approximate surface area is 174 Å². The molecule has 7 heteroatoms. The van der Waals surface area contributed by atoms with Crippen LogP contribution in [0.1, 0.15) is 46.1 Å². The molecule has 1 heterocycles. The molecule has 0 bridgehead atoms. The summed E-state index contributed by atoms with van der Waals surface area (Å²) in [6.45, 7) is 12.7. The molecule has 0 amide bonds. The van der Waals surface area contributed by atoms with Gasteiger partial charge in [-0.15, -0.1) is 0 Å². The molecule has 1 fully saturated rings. The van der Waals surface area contributed by atoms with Crippen LogP contribution in [0.15, 0.2) is 17.1 Å². The Hall–Kier alpha value is -1.66. The fourth-order valence-corrected chi connectivity index (χ4v) is 3.68. The van der Waals surface area contributed by atoms with E-state index in [9.17, 15) is 0 Å². The maximum absolute atomic E-state index is 6.37. The van der Waals surface area contributed by atoms with Gasteiger partial charge in [0.15, 0.2) is 17.5 Å². The third-order valence-electron chi connectivity index (χ3n) is 4.94. The molecule has 0 aromatic heterocycles. The van der Waals surface area contributed by atoms with Crippen molar-refractivity contribution in [1.82, 2.24) is 15.5 Å². The van der Waals surface area contributed by atoms with Crippen LogP contribution in [0.3, 0.4) is 0 Å². The Morgan fingerprint density at radius 1 is 1.29 bits per heavy atom. The number of ether oxygens (including phenoxy) is 2. The van der Waals surface area contributed by atoms with Crippen LogP contribution in [0.2, 0.25) is 5.02 Å². The zero-order valence-electron chi connectivity index (χ0n) is 17.8. The van der Waals surface area contributed by atoms with Gasteiger partial charge in [0, 0.05) is 31.7 Å². The number of aliphatic imine (C=N–C) groups is 1. The first-order chi connectivity index (χ1) is 13.5. The summed E-state index contributed by atoms with van der Waals surface area (Å²) in [6, 6.07) is 4.89. The maximum atomic E-state index is 6.37. The van der Waals surface area contributed by atoms with E-state index in [1.165, 1.54) is 0 Å². The van der Waals surface area contributed by atoms with Gasteiger partial charge < -0.3 is 25.0 Å². The first kappa shape index (κ1) is 22.6. The predicted octanol–water partition coefficient (Wildman–Crippen LogP) is 3.68. The molecule has 1 saturated heterocycles. The molecule has 1 aromatic rings. The van der Waals surface area contributed by atoms with E-state index in [-0.39, 0.29) is 0 Å². The van der Waals surface area contributed by atoms with Crippen LogP contribution in [0.5, 0.6) is 11.5 Å². The molecular formula is C21H35ClN4O2. The number of likely N-dealkylation sites (tertiary alicyclic amines) is 1. The fourth-order valence-electron chi connectivity index (χ4n) is 3.39. The fraction of sp³-hybridized carbons (Fsp3) is 0.667. The summed E-state index contributed by atoms with van der Waals surface area (Å²) in [5.41, 5.74) is 0.983. The van der Waals surface area contributed by atoms with E-state index < -0.39 is 0 Å². The maximum Gasteiger partial charge on any atom is 0.191 e. The minimum absolute atomic E-state index is 0.450. The Kier molecular flexibility index (Phi) is 9.19. The van der Waals surface area contributed by atoms with E-state index in [2.05, 4.69) is 36.3 Å². The van der Waals surface area contributed by atoms with E-state index in [1.807, 2.05) is 19.1 Å². The van der Waals surface area contributed by atoms with Crippen molar-refractivity contribution < 1.29 is 9.47 Å². The SMILES string of the molecule is CCNC(=NCc1cc(Cl)c(OCC)c(OC)c1)NC1CCN(C(C)C)CC1. The lowest BCUT2D eigenvalue weighted by molar-refractivity contribution is 0.167. The van der Waals surface area contributed by atoms with E-state index in [0.29, 0.717) is 41.8 Å². The minimum atomic E-state index is 0.450. The lowest BCUT2D eigenvalue weighted by Gasteiger charge is -2.35. The molecule has 28 heavy (non-hydrogen) atoms. The predicted molar refractivity (Wildman–Crippen MR) is 117 cm³/mol. The summed E-state index contributed by atoms with van der Waals surface area (Å²) < 4.78 is 11.0. The van der Waals surface area contributed by atoms with Crippen LogP contribution in [0, 0.1) is 0 Å². The van der Waals surface area contributed by atoms with Crippen molar-refractivity contribution >= 4 is 17.6 Å². The number of guanidine groups is 1. The highest BCUT2D eigenvalue weighted by Crippen LogP contribution is 2.36. The second kappa shape index (κ2) is 11.4. The Morgan fingerprint density at radius 2 is 2.00 bits per heavy atom. The highest BCUT2D eigenvalue weighted by Gasteiger charge is 2.21. The number of benzene rings is 1. The summed E-state index contributed by atoms with van der Waals surface area (Å²) in [5.74, 6) is 2.06. The zero-order valence-corrected chi connectivity index (χ0v) is 18.6. The minimum Gasteiger partial charge on any atom is -0.493 e. The molecule has 2 N–H and O–H groups in total. The van der Waals surface area contributed by atoms with Gasteiger partial charge in [-0.1, -0.05) is 11.6 Å². The second-order valence-electron chi connectivity index (χ2n) is 7.29. The average Bonchev–Trinajstić information content (AvgIpc) is 2.68. The third kappa shape index (κ3) is 6.45. The van der Waals surface area contributed by atoms with E-state index in [1.54, 1.807) is 7.11 Å². The van der Waals surface area contributed by atoms with E-state index in [4.69, 9.17) is 26.1 Å². The van der Waals surface area contributed by atoms with Gasteiger partial charge in [-0.25, -0.2) is 4.99 Å². The number of halogens is 1. The van der Waals surface area contributed by atoms with Crippen molar-refractivity contribution in [1.29, 1.82) is 0 Å². The molecule has 0 radical (unpaired) electrons. The van der Waals surface area contributed by atoms with Crippen LogP contribution in [0.25, 0.3) is 0 Å². The number of nitrogens with one attached hydrogen (secondary N) is 2. The van der Waals surface area contributed by atoms with Gasteiger partial charge in [-0.3, -0.25) is 0 Å². The molecule has 1 aliphatic rings. The Bertz CT molecular complexity index is 644. The number of nitrogens with zero attached hydrogens (tertiary/aromatic N) is 2. The van der Waals surface area contributed by atoms with Crippen molar-refractivity contribution in [3.63, 3.8) is 0 Å². The molecule has 0 aliphatic carbocycles. The van der Waals surface area contributed by atoms with Crippen LogP contribution < -0.4 is 20.1 Å². The molecule has 1 aromatic carbocycles. The highest BCUT2D eigenvalue weighted by molar-refractivity contribution is 6.32. The Balaban J connectivity index is 2.03. The van der Waals surface area contributed by atoms with Gasteiger partial charge in [0.1, 0.15) is 0 Å². The average molecular weight is 411 g/mol. The molecule has 0 unspecified atom stereocenters. The van der Waals surface area contributed by atoms with Crippen molar-refractivity contribution in [2.45, 2.75) is 59.2 Å². The van der Waals surface area contributed by atoms with Gasteiger partial charge in [0.2, 0.25) is 0 Å². The van der Waals surface area contributed by atoms with E-state index >= 15 is 0 Å². The van der Waals surface area contributed by atoms with Gasteiger partial charge >= 0.3 is 0 Å². The second-order valence-corrected chi connectivity index (χ2v) is 7.69. The van der Waals surface area contributed by atoms with Crippen LogP contribution in [0.4, 0.5) is 0 Å². The number of hydrogen-bond donors (Lipinski definition) is 2. The molecular weight excluding hydrogens is 376 g/mol. The number of piperidine rings is 1. The van der Waals surface area contributed by atoms with Gasteiger partial charge in [-0.2, -0.15) is 0 Å². The zero-order chi connectivity index (χ0) is 20.5. The third-order valence-corrected chi connectivity index (χ3v) is 5.22. The van der Waals surface area contributed by atoms with Crippen LogP contribution in [-0.4, -0.2) is 56.3 Å². The highest BCUT2D eigenvalue weighted by atomic mass is 35.5. The first-order valence-electron chi connectivity index (χ1n) is 10.3. The van der Waals surface area contributed by atoms with E-state index in [0.717, 1.165) is 44.0 Å². The summed E-state index contributed by atoms with van der Waals surface area (Å²) in [5, 5.41) is 7.48. The monoisotopic (exact) mass is 410 g/mol. The van der Waals surface area contributed by atoms with Crippen molar-refractivity contribution in [2.75, 3.05) is 33.4 Å². The molecule has 2 rings (SSSR count). The first-order valence-corrected chi connectivity index (χ1v) is 10.6. The quantitative estimate of drug-likeness (QED) is 0.505. The molecule has 0 saturated carbocycles. The summed E-state index contributed by atoms with van der Waals surface area (Å²) >= 11 is 6.37. The standard InChI is InChI=1S/C21H35ClN4O2/c1-6-23-21(25-17-8-10-26(11-9-17)15(3)4)24-14-16-12-18(22)20(28-7-2)19(13-16)27-5/h12-13,15,17H,6-11,14H2,1-5H3,(H2,23,24,25). The van der Waals surface area contributed by atoms with Crippen molar-refractivity contribution in [3.8, 4) is 11.5 Å². The smallest absolute Gasteiger partial charge is 0.191 e.